The maximum absolute atomic E-state index is 12.8. The average molecular weight is 370 g/mol. The van der Waals surface area contributed by atoms with Crippen LogP contribution in [0.25, 0.3) is 0 Å². The van der Waals surface area contributed by atoms with Crippen LogP contribution >= 0.6 is 0 Å². The van der Waals surface area contributed by atoms with E-state index in [0.717, 1.165) is 48.1 Å². The summed E-state index contributed by atoms with van der Waals surface area (Å²) in [4.78, 5) is 17.4. The molecule has 5 heteroatoms. The third-order valence-electron chi connectivity index (χ3n) is 4.97. The molecule has 3 N–H and O–H groups in total. The number of nitrogens with one attached hydrogen (secondary N) is 3. The van der Waals surface area contributed by atoms with Crippen LogP contribution in [0.4, 0.5) is 5.69 Å². The molecule has 2 aromatic rings. The van der Waals surface area contributed by atoms with E-state index >= 15 is 0 Å². The summed E-state index contributed by atoms with van der Waals surface area (Å²) >= 11 is 0. The molecule has 0 saturated carbocycles. The summed E-state index contributed by atoms with van der Waals surface area (Å²) in [5.41, 5.74) is 6.19. The number of nitrogens with zero attached hydrogens (tertiary/aromatic N) is 1. The number of fused-ring (bicyclic) bond motifs is 1. The van der Waals surface area contributed by atoms with Gasteiger partial charge in [-0.05, 0) is 55.5 Å². The Bertz CT molecular complexity index is 1030. The number of rotatable bonds is 4. The number of carbonyl (C=O) groups excluding carboxylic acids is 1. The van der Waals surface area contributed by atoms with Crippen LogP contribution in [0.2, 0.25) is 0 Å². The Morgan fingerprint density at radius 2 is 1.93 bits per heavy atom. The summed E-state index contributed by atoms with van der Waals surface area (Å²) in [6, 6.07) is 15.8. The average Bonchev–Trinajstić information content (AvgIpc) is 3.17. The van der Waals surface area contributed by atoms with E-state index in [9.17, 15) is 4.79 Å². The molecule has 0 aromatic heterocycles. The Morgan fingerprint density at radius 3 is 2.71 bits per heavy atom. The monoisotopic (exact) mass is 370 g/mol. The normalized spacial score (nSPS) is 17.0. The quantitative estimate of drug-likeness (QED) is 0.562. The van der Waals surface area contributed by atoms with Crippen molar-refractivity contribution in [2.24, 2.45) is 4.99 Å². The van der Waals surface area contributed by atoms with Crippen LogP contribution in [-0.4, -0.2) is 17.8 Å². The zero-order valence-electron chi connectivity index (χ0n) is 15.8. The number of anilines is 1. The van der Waals surface area contributed by atoms with Crippen molar-refractivity contribution in [1.82, 2.24) is 5.32 Å². The van der Waals surface area contributed by atoms with E-state index in [-0.39, 0.29) is 11.5 Å². The van der Waals surface area contributed by atoms with Gasteiger partial charge in [-0.25, -0.2) is 4.99 Å². The molecule has 28 heavy (non-hydrogen) atoms. The Balaban J connectivity index is 1.64. The zero-order valence-corrected chi connectivity index (χ0v) is 15.8. The topological polar surface area (TPSA) is 77.3 Å². The van der Waals surface area contributed by atoms with Gasteiger partial charge in [0.2, 0.25) is 0 Å². The molecule has 1 amide bonds. The van der Waals surface area contributed by atoms with E-state index in [2.05, 4.69) is 21.7 Å². The van der Waals surface area contributed by atoms with Crippen LogP contribution in [0.15, 0.2) is 76.7 Å². The van der Waals surface area contributed by atoms with Gasteiger partial charge in [0.05, 0.1) is 11.3 Å². The van der Waals surface area contributed by atoms with Crippen LogP contribution in [0, 0.1) is 5.41 Å². The highest BCUT2D eigenvalue weighted by Gasteiger charge is 2.19. The fraction of sp³-hybridized carbons (Fsp3) is 0.174. The largest absolute Gasteiger partial charge is 0.343 e. The molecule has 0 unspecified atom stereocenters. The molecule has 4 rings (SSSR count). The maximum Gasteiger partial charge on any atom is 0.260 e. The molecule has 140 valence electrons. The number of carbonyl (C=O) groups is 1. The van der Waals surface area contributed by atoms with Gasteiger partial charge < -0.3 is 16.0 Å². The predicted molar refractivity (Wildman–Crippen MR) is 113 cm³/mol. The maximum atomic E-state index is 12.8. The third kappa shape index (κ3) is 3.64. The van der Waals surface area contributed by atoms with Crippen molar-refractivity contribution in [3.8, 4) is 0 Å². The molecule has 1 heterocycles. The van der Waals surface area contributed by atoms with E-state index in [1.165, 1.54) is 11.1 Å². The van der Waals surface area contributed by atoms with Crippen molar-refractivity contribution >= 4 is 23.5 Å². The van der Waals surface area contributed by atoms with Gasteiger partial charge in [0.25, 0.3) is 5.91 Å². The molecule has 0 atom stereocenters. The Kier molecular flexibility index (Phi) is 4.89. The fourth-order valence-corrected chi connectivity index (χ4v) is 3.58. The molecule has 0 spiro atoms. The lowest BCUT2D eigenvalue weighted by molar-refractivity contribution is -0.112. The predicted octanol–water partition coefficient (Wildman–Crippen LogP) is 3.97. The minimum atomic E-state index is -0.346. The molecule has 0 fully saturated rings. The SMILES string of the molecule is CC1=CC(c2ccccc2)=N/C(=C(/C=N)C(=O)Nc2ccc3c(c2)CCC3)N1. The van der Waals surface area contributed by atoms with Crippen molar-refractivity contribution < 1.29 is 4.79 Å². The summed E-state index contributed by atoms with van der Waals surface area (Å²) in [5.74, 6) is 0.0359. The lowest BCUT2D eigenvalue weighted by atomic mass is 10.1. The number of aliphatic imine (C=N–C) groups is 1. The van der Waals surface area contributed by atoms with E-state index in [0.29, 0.717) is 5.82 Å². The van der Waals surface area contributed by atoms with Crippen LogP contribution < -0.4 is 10.6 Å². The second-order valence-electron chi connectivity index (χ2n) is 7.01. The number of allylic oxidation sites excluding steroid dienone is 2. The van der Waals surface area contributed by atoms with Crippen molar-refractivity contribution in [3.05, 3.63) is 88.4 Å². The summed E-state index contributed by atoms with van der Waals surface area (Å²) in [7, 11) is 0. The van der Waals surface area contributed by atoms with Crippen molar-refractivity contribution in [3.63, 3.8) is 0 Å². The van der Waals surface area contributed by atoms with Crippen LogP contribution in [0.3, 0.4) is 0 Å². The highest BCUT2D eigenvalue weighted by atomic mass is 16.1. The van der Waals surface area contributed by atoms with Gasteiger partial charge in [-0.3, -0.25) is 4.79 Å². The van der Waals surface area contributed by atoms with Gasteiger partial charge in [-0.1, -0.05) is 36.4 Å². The highest BCUT2D eigenvalue weighted by molar-refractivity contribution is 6.18. The smallest absolute Gasteiger partial charge is 0.260 e. The number of hydrogen-bond acceptors (Lipinski definition) is 4. The second-order valence-corrected chi connectivity index (χ2v) is 7.01. The lowest BCUT2D eigenvalue weighted by Gasteiger charge is -2.18. The lowest BCUT2D eigenvalue weighted by Crippen LogP contribution is -2.25. The van der Waals surface area contributed by atoms with Crippen molar-refractivity contribution in [1.29, 1.82) is 5.41 Å². The Labute approximate surface area is 164 Å². The molecule has 0 saturated heterocycles. The minimum Gasteiger partial charge on any atom is -0.343 e. The number of benzene rings is 2. The molecule has 1 aliphatic carbocycles. The van der Waals surface area contributed by atoms with Gasteiger partial charge in [0.1, 0.15) is 5.82 Å². The first-order valence-corrected chi connectivity index (χ1v) is 9.41. The zero-order chi connectivity index (χ0) is 19.5. The third-order valence-corrected chi connectivity index (χ3v) is 4.97. The molecule has 2 aromatic carbocycles. The Morgan fingerprint density at radius 1 is 1.14 bits per heavy atom. The molecular formula is C23H22N4O. The molecule has 0 bridgehead atoms. The highest BCUT2D eigenvalue weighted by Crippen LogP contribution is 2.25. The molecule has 0 radical (unpaired) electrons. The van der Waals surface area contributed by atoms with Crippen molar-refractivity contribution in [2.75, 3.05) is 5.32 Å². The van der Waals surface area contributed by atoms with Crippen LogP contribution in [0.5, 0.6) is 0 Å². The van der Waals surface area contributed by atoms with Crippen LogP contribution in [-0.2, 0) is 17.6 Å². The number of hydrogen-bond donors (Lipinski definition) is 3. The van der Waals surface area contributed by atoms with Crippen LogP contribution in [0.1, 0.15) is 30.0 Å². The fourth-order valence-electron chi connectivity index (χ4n) is 3.58. The summed E-state index contributed by atoms with van der Waals surface area (Å²) in [5, 5.41) is 13.8. The first-order chi connectivity index (χ1) is 13.6. The minimum absolute atomic E-state index is 0.196. The number of amides is 1. The summed E-state index contributed by atoms with van der Waals surface area (Å²) < 4.78 is 0. The first-order valence-electron chi connectivity index (χ1n) is 9.41. The number of aryl methyl sites for hydroxylation is 2. The van der Waals surface area contributed by atoms with E-state index in [4.69, 9.17) is 5.41 Å². The van der Waals surface area contributed by atoms with E-state index < -0.39 is 0 Å². The molecular weight excluding hydrogens is 348 g/mol. The van der Waals surface area contributed by atoms with Gasteiger partial charge in [-0.15, -0.1) is 0 Å². The van der Waals surface area contributed by atoms with Gasteiger partial charge >= 0.3 is 0 Å². The standard InChI is InChI=1S/C23H22N4O/c1-15-12-21(17-6-3-2-4-7-17)27-22(25-15)20(14-24)23(28)26-19-11-10-16-8-5-9-18(16)13-19/h2-4,6-7,10-14,24-25H,5,8-9H2,1H3,(H,26,28)/b22-20-,24-14?. The van der Waals surface area contributed by atoms with Gasteiger partial charge in [0.15, 0.2) is 0 Å². The second kappa shape index (κ2) is 7.64. The summed E-state index contributed by atoms with van der Waals surface area (Å²) in [6.45, 7) is 1.91. The molecule has 1 aliphatic heterocycles. The van der Waals surface area contributed by atoms with Crippen molar-refractivity contribution in [2.45, 2.75) is 26.2 Å². The summed E-state index contributed by atoms with van der Waals surface area (Å²) in [6.07, 6.45) is 6.29. The first kappa shape index (κ1) is 17.9. The van der Waals surface area contributed by atoms with E-state index in [1.807, 2.05) is 55.5 Å². The molecule has 5 nitrogen and oxygen atoms in total. The Hall–Kier alpha value is -3.47. The molecule has 2 aliphatic rings. The van der Waals surface area contributed by atoms with Gasteiger partial charge in [0, 0.05) is 23.2 Å². The van der Waals surface area contributed by atoms with Gasteiger partial charge in [-0.2, -0.15) is 0 Å². The van der Waals surface area contributed by atoms with E-state index in [1.54, 1.807) is 0 Å².